The van der Waals surface area contributed by atoms with Gasteiger partial charge in [-0.15, -0.1) is 0 Å². The maximum Gasteiger partial charge on any atom is 0.265 e. The Bertz CT molecular complexity index is 752. The number of rotatable bonds is 6. The summed E-state index contributed by atoms with van der Waals surface area (Å²) in [5, 5.41) is 4.01. The zero-order chi connectivity index (χ0) is 18.6. The SMILES string of the molecule is CCc1cccc(CC)c1NC(=O)C(C)Oc1ccc(Cl)c(C)c1Cl. The molecule has 2 rings (SSSR count). The quantitative estimate of drug-likeness (QED) is 0.685. The topological polar surface area (TPSA) is 38.3 Å². The number of benzene rings is 2. The van der Waals surface area contributed by atoms with Gasteiger partial charge in [-0.05, 0) is 55.5 Å². The van der Waals surface area contributed by atoms with E-state index < -0.39 is 6.10 Å². The third kappa shape index (κ3) is 4.47. The lowest BCUT2D eigenvalue weighted by Crippen LogP contribution is -2.31. The molecule has 0 saturated carbocycles. The van der Waals surface area contributed by atoms with E-state index in [9.17, 15) is 4.79 Å². The van der Waals surface area contributed by atoms with Crippen molar-refractivity contribution >= 4 is 34.8 Å². The second-order valence-corrected chi connectivity index (χ2v) is 6.68. The predicted molar refractivity (Wildman–Crippen MR) is 105 cm³/mol. The minimum Gasteiger partial charge on any atom is -0.479 e. The van der Waals surface area contributed by atoms with Gasteiger partial charge in [-0.3, -0.25) is 4.79 Å². The third-order valence-corrected chi connectivity index (χ3v) is 5.08. The molecule has 1 unspecified atom stereocenters. The minimum absolute atomic E-state index is 0.209. The van der Waals surface area contributed by atoms with Gasteiger partial charge < -0.3 is 10.1 Å². The Hall–Kier alpha value is -1.71. The van der Waals surface area contributed by atoms with E-state index in [1.54, 1.807) is 19.1 Å². The molecule has 0 fully saturated rings. The van der Waals surface area contributed by atoms with Gasteiger partial charge >= 0.3 is 0 Å². The molecule has 2 aromatic carbocycles. The Morgan fingerprint density at radius 3 is 2.28 bits per heavy atom. The van der Waals surface area contributed by atoms with Crippen LogP contribution in [-0.4, -0.2) is 12.0 Å². The van der Waals surface area contributed by atoms with Crippen LogP contribution in [0.4, 0.5) is 5.69 Å². The minimum atomic E-state index is -0.687. The summed E-state index contributed by atoms with van der Waals surface area (Å²) < 4.78 is 5.76. The Balaban J connectivity index is 2.18. The van der Waals surface area contributed by atoms with Gasteiger partial charge in [-0.1, -0.05) is 55.2 Å². The van der Waals surface area contributed by atoms with Crippen LogP contribution in [0.25, 0.3) is 0 Å². The van der Waals surface area contributed by atoms with E-state index in [4.69, 9.17) is 27.9 Å². The Morgan fingerprint density at radius 1 is 1.12 bits per heavy atom. The average Bonchev–Trinajstić information content (AvgIpc) is 2.62. The zero-order valence-corrected chi connectivity index (χ0v) is 16.5. The van der Waals surface area contributed by atoms with E-state index in [1.807, 2.05) is 25.1 Å². The van der Waals surface area contributed by atoms with Crippen molar-refractivity contribution in [3.63, 3.8) is 0 Å². The second-order valence-electron chi connectivity index (χ2n) is 5.89. The van der Waals surface area contributed by atoms with Crippen LogP contribution in [0.15, 0.2) is 30.3 Å². The summed E-state index contributed by atoms with van der Waals surface area (Å²) in [5.74, 6) is 0.241. The van der Waals surface area contributed by atoms with E-state index in [1.165, 1.54) is 0 Å². The van der Waals surface area contributed by atoms with Gasteiger partial charge in [0.25, 0.3) is 5.91 Å². The van der Waals surface area contributed by atoms with E-state index in [0.717, 1.165) is 35.2 Å². The van der Waals surface area contributed by atoms with Crippen LogP contribution in [0.1, 0.15) is 37.5 Å². The molecule has 1 amide bonds. The monoisotopic (exact) mass is 379 g/mol. The molecule has 1 atom stereocenters. The van der Waals surface area contributed by atoms with Crippen molar-refractivity contribution in [2.45, 2.75) is 46.6 Å². The lowest BCUT2D eigenvalue weighted by molar-refractivity contribution is -0.122. The first-order valence-electron chi connectivity index (χ1n) is 8.41. The van der Waals surface area contributed by atoms with Gasteiger partial charge in [0.1, 0.15) is 5.75 Å². The van der Waals surface area contributed by atoms with Crippen molar-refractivity contribution in [2.75, 3.05) is 5.32 Å². The molecule has 0 heterocycles. The van der Waals surface area contributed by atoms with Crippen LogP contribution in [0.5, 0.6) is 5.75 Å². The van der Waals surface area contributed by atoms with E-state index in [0.29, 0.717) is 15.8 Å². The number of hydrogen-bond donors (Lipinski definition) is 1. The smallest absolute Gasteiger partial charge is 0.265 e. The molecule has 25 heavy (non-hydrogen) atoms. The van der Waals surface area contributed by atoms with Gasteiger partial charge in [0.2, 0.25) is 0 Å². The Labute approximate surface area is 159 Å². The fourth-order valence-electron chi connectivity index (χ4n) is 2.60. The predicted octanol–water partition coefficient (Wildman–Crippen LogP) is 5.83. The first-order valence-corrected chi connectivity index (χ1v) is 9.17. The highest BCUT2D eigenvalue weighted by molar-refractivity contribution is 6.36. The van der Waals surface area contributed by atoms with Crippen LogP contribution in [0, 0.1) is 6.92 Å². The summed E-state index contributed by atoms with van der Waals surface area (Å²) in [6.45, 7) is 7.66. The van der Waals surface area contributed by atoms with Crippen LogP contribution in [0.3, 0.4) is 0 Å². The molecule has 0 saturated heterocycles. The molecule has 1 N–H and O–H groups in total. The number of para-hydroxylation sites is 1. The van der Waals surface area contributed by atoms with Crippen molar-refractivity contribution < 1.29 is 9.53 Å². The molecule has 0 aliphatic rings. The summed E-state index contributed by atoms with van der Waals surface area (Å²) in [7, 11) is 0. The van der Waals surface area contributed by atoms with Crippen LogP contribution in [-0.2, 0) is 17.6 Å². The fourth-order valence-corrected chi connectivity index (χ4v) is 3.01. The Kier molecular flexibility index (Phi) is 6.74. The molecular formula is C20H23Cl2NO2. The average molecular weight is 380 g/mol. The first-order chi connectivity index (χ1) is 11.9. The normalized spacial score (nSPS) is 11.9. The molecule has 0 aliphatic carbocycles. The summed E-state index contributed by atoms with van der Waals surface area (Å²) in [6.07, 6.45) is 1.01. The van der Waals surface area contributed by atoms with Gasteiger partial charge in [0, 0.05) is 10.7 Å². The number of nitrogens with one attached hydrogen (secondary N) is 1. The highest BCUT2D eigenvalue weighted by Crippen LogP contribution is 2.33. The van der Waals surface area contributed by atoms with Crippen molar-refractivity contribution in [3.8, 4) is 5.75 Å². The zero-order valence-electron chi connectivity index (χ0n) is 15.0. The highest BCUT2D eigenvalue weighted by atomic mass is 35.5. The van der Waals surface area contributed by atoms with Gasteiger partial charge in [0.15, 0.2) is 6.10 Å². The number of amides is 1. The number of hydrogen-bond acceptors (Lipinski definition) is 2. The number of carbonyl (C=O) groups is 1. The molecule has 0 aliphatic heterocycles. The number of aryl methyl sites for hydroxylation is 2. The standard InChI is InChI=1S/C20H23Cl2NO2/c1-5-14-8-7-9-15(6-2)19(14)23-20(24)13(4)25-17-11-10-16(21)12(3)18(17)22/h7-11,13H,5-6H2,1-4H3,(H,23,24). The first kappa shape index (κ1) is 19.6. The van der Waals surface area contributed by atoms with E-state index >= 15 is 0 Å². The molecule has 0 spiro atoms. The molecule has 0 bridgehead atoms. The van der Waals surface area contributed by atoms with Gasteiger partial charge in [-0.25, -0.2) is 0 Å². The maximum absolute atomic E-state index is 12.6. The maximum atomic E-state index is 12.6. The van der Waals surface area contributed by atoms with Crippen molar-refractivity contribution in [3.05, 3.63) is 57.1 Å². The lowest BCUT2D eigenvalue weighted by Gasteiger charge is -2.19. The summed E-state index contributed by atoms with van der Waals surface area (Å²) >= 11 is 12.3. The highest BCUT2D eigenvalue weighted by Gasteiger charge is 2.19. The molecular weight excluding hydrogens is 357 g/mol. The largest absolute Gasteiger partial charge is 0.479 e. The number of ether oxygens (including phenoxy) is 1. The summed E-state index contributed by atoms with van der Waals surface area (Å²) in [6, 6.07) is 9.46. The van der Waals surface area contributed by atoms with E-state index in [2.05, 4.69) is 19.2 Å². The number of carbonyl (C=O) groups excluding carboxylic acids is 1. The van der Waals surface area contributed by atoms with Crippen LogP contribution in [0.2, 0.25) is 10.0 Å². The van der Waals surface area contributed by atoms with Crippen molar-refractivity contribution in [1.29, 1.82) is 0 Å². The molecule has 134 valence electrons. The van der Waals surface area contributed by atoms with Crippen LogP contribution < -0.4 is 10.1 Å². The van der Waals surface area contributed by atoms with Gasteiger partial charge in [-0.2, -0.15) is 0 Å². The third-order valence-electron chi connectivity index (χ3n) is 4.20. The number of halogens is 2. The molecule has 0 radical (unpaired) electrons. The van der Waals surface area contributed by atoms with E-state index in [-0.39, 0.29) is 5.91 Å². The fraction of sp³-hybridized carbons (Fsp3) is 0.350. The summed E-state index contributed by atoms with van der Waals surface area (Å²) in [4.78, 5) is 12.6. The summed E-state index contributed by atoms with van der Waals surface area (Å²) in [5.41, 5.74) is 3.84. The van der Waals surface area contributed by atoms with Gasteiger partial charge in [0.05, 0.1) is 5.02 Å². The molecule has 2 aromatic rings. The molecule has 3 nitrogen and oxygen atoms in total. The van der Waals surface area contributed by atoms with Crippen molar-refractivity contribution in [1.82, 2.24) is 0 Å². The second kappa shape index (κ2) is 8.59. The van der Waals surface area contributed by atoms with Crippen LogP contribution >= 0.6 is 23.2 Å². The lowest BCUT2D eigenvalue weighted by atomic mass is 10.0. The molecule has 0 aromatic heterocycles. The van der Waals surface area contributed by atoms with Crippen molar-refractivity contribution in [2.24, 2.45) is 0 Å². The number of anilines is 1. The molecule has 5 heteroatoms. The Morgan fingerprint density at radius 2 is 1.72 bits per heavy atom.